The number of esters is 1. The maximum Gasteiger partial charge on any atom is 0.303 e. The van der Waals surface area contributed by atoms with Crippen LogP contribution in [0, 0.1) is 39.4 Å². The first-order chi connectivity index (χ1) is 17.0. The standard InChI is InChI=1S/C29H40O8/c1-14(8-9-21(34)35)16-12-20(33)29(7)22-17(31)13-18-26(3,4)19(32)10-11-27(18,5)23(22)24(36)25(28(16,29)6)37-15(2)30/h14,16,18-19,25,32H,8-13H2,1-7H3,(H,34,35)/t14-,16+,18-,19-,25+,27-,28-,29-/m0/s1. The van der Waals surface area contributed by atoms with Crippen LogP contribution in [0.25, 0.3) is 0 Å². The highest BCUT2D eigenvalue weighted by Crippen LogP contribution is 2.70. The molecular weight excluding hydrogens is 476 g/mol. The van der Waals surface area contributed by atoms with Crippen LogP contribution >= 0.6 is 0 Å². The van der Waals surface area contributed by atoms with Crippen molar-refractivity contribution in [2.24, 2.45) is 39.4 Å². The minimum absolute atomic E-state index is 0.0766. The summed E-state index contributed by atoms with van der Waals surface area (Å²) < 4.78 is 5.77. The largest absolute Gasteiger partial charge is 0.481 e. The summed E-state index contributed by atoms with van der Waals surface area (Å²) in [5.74, 6) is -3.48. The third-order valence-corrected chi connectivity index (χ3v) is 11.1. The average molecular weight is 517 g/mol. The molecule has 4 aliphatic carbocycles. The second-order valence-corrected chi connectivity index (χ2v) is 13.1. The number of aliphatic carboxylic acids is 1. The van der Waals surface area contributed by atoms with Crippen LogP contribution in [0.2, 0.25) is 0 Å². The number of hydrogen-bond donors (Lipinski definition) is 2. The lowest BCUT2D eigenvalue weighted by Crippen LogP contribution is -2.65. The van der Waals surface area contributed by atoms with Gasteiger partial charge in [0.15, 0.2) is 11.9 Å². The molecule has 2 N–H and O–H groups in total. The van der Waals surface area contributed by atoms with Crippen LogP contribution < -0.4 is 0 Å². The number of carbonyl (C=O) groups is 5. The first kappa shape index (κ1) is 27.7. The van der Waals surface area contributed by atoms with Gasteiger partial charge in [-0.3, -0.25) is 24.0 Å². The zero-order valence-corrected chi connectivity index (χ0v) is 23.0. The predicted molar refractivity (Wildman–Crippen MR) is 133 cm³/mol. The van der Waals surface area contributed by atoms with Gasteiger partial charge >= 0.3 is 11.9 Å². The number of carboxylic acids is 1. The number of carboxylic acid groups (broad SMARTS) is 1. The number of hydrogen-bond acceptors (Lipinski definition) is 7. The Balaban J connectivity index is 1.97. The van der Waals surface area contributed by atoms with Gasteiger partial charge in [-0.05, 0) is 49.4 Å². The van der Waals surface area contributed by atoms with E-state index in [0.29, 0.717) is 24.8 Å². The van der Waals surface area contributed by atoms with E-state index < -0.39 is 57.5 Å². The molecule has 0 radical (unpaired) electrons. The molecule has 37 heavy (non-hydrogen) atoms. The lowest BCUT2D eigenvalue weighted by molar-refractivity contribution is -0.176. The Bertz CT molecular complexity index is 1120. The quantitative estimate of drug-likeness (QED) is 0.529. The minimum Gasteiger partial charge on any atom is -0.481 e. The van der Waals surface area contributed by atoms with Gasteiger partial charge in [-0.2, -0.15) is 0 Å². The third-order valence-electron chi connectivity index (χ3n) is 11.1. The Labute approximate surface area is 218 Å². The molecule has 204 valence electrons. The zero-order chi connectivity index (χ0) is 27.9. The van der Waals surface area contributed by atoms with Crippen molar-refractivity contribution in [1.29, 1.82) is 0 Å². The summed E-state index contributed by atoms with van der Waals surface area (Å²) in [4.78, 5) is 66.1. The predicted octanol–water partition coefficient (Wildman–Crippen LogP) is 3.68. The topological polar surface area (TPSA) is 135 Å². The van der Waals surface area contributed by atoms with Crippen molar-refractivity contribution in [3.63, 3.8) is 0 Å². The number of carbonyl (C=O) groups excluding carboxylic acids is 4. The number of aliphatic hydroxyl groups is 1. The van der Waals surface area contributed by atoms with Crippen molar-refractivity contribution in [1.82, 2.24) is 0 Å². The average Bonchev–Trinajstić information content (AvgIpc) is 3.01. The van der Waals surface area contributed by atoms with E-state index in [9.17, 15) is 34.2 Å². The lowest BCUT2D eigenvalue weighted by atomic mass is 9.42. The van der Waals surface area contributed by atoms with Crippen molar-refractivity contribution in [3.05, 3.63) is 11.1 Å². The summed E-state index contributed by atoms with van der Waals surface area (Å²) in [6, 6.07) is 0. The molecule has 0 spiro atoms. The Hall–Kier alpha value is -2.35. The first-order valence-electron chi connectivity index (χ1n) is 13.4. The number of fused-ring (bicyclic) bond motifs is 4. The minimum atomic E-state index is -1.36. The monoisotopic (exact) mass is 516 g/mol. The van der Waals surface area contributed by atoms with Gasteiger partial charge in [0.1, 0.15) is 5.78 Å². The number of Topliss-reactive ketones (excluding diaryl/α,β-unsaturated/α-hetero) is 3. The van der Waals surface area contributed by atoms with Crippen molar-refractivity contribution in [2.75, 3.05) is 0 Å². The van der Waals surface area contributed by atoms with Gasteiger partial charge in [-0.15, -0.1) is 0 Å². The molecule has 0 heterocycles. The Morgan fingerprint density at radius 1 is 1.05 bits per heavy atom. The van der Waals surface area contributed by atoms with Crippen LogP contribution in [-0.4, -0.2) is 51.7 Å². The van der Waals surface area contributed by atoms with E-state index in [1.807, 2.05) is 27.7 Å². The van der Waals surface area contributed by atoms with Gasteiger partial charge in [-0.25, -0.2) is 0 Å². The van der Waals surface area contributed by atoms with Gasteiger partial charge in [0.05, 0.1) is 11.5 Å². The number of allylic oxidation sites excluding steroid dienone is 1. The van der Waals surface area contributed by atoms with Crippen LogP contribution in [0.1, 0.15) is 87.0 Å². The van der Waals surface area contributed by atoms with Crippen LogP contribution in [0.4, 0.5) is 0 Å². The summed E-state index contributed by atoms with van der Waals surface area (Å²) in [6.07, 6.45) is -0.552. The molecule has 0 aromatic heterocycles. The molecule has 4 aliphatic rings. The van der Waals surface area contributed by atoms with Crippen molar-refractivity contribution in [2.45, 2.75) is 99.2 Å². The number of rotatable bonds is 5. The summed E-state index contributed by atoms with van der Waals surface area (Å²) >= 11 is 0. The van der Waals surface area contributed by atoms with Crippen LogP contribution in [0.3, 0.4) is 0 Å². The molecule has 0 saturated heterocycles. The summed E-state index contributed by atoms with van der Waals surface area (Å²) in [5.41, 5.74) is -3.40. The fourth-order valence-corrected chi connectivity index (χ4v) is 8.71. The van der Waals surface area contributed by atoms with E-state index in [0.717, 1.165) is 0 Å². The highest BCUT2D eigenvalue weighted by Gasteiger charge is 2.74. The molecule has 4 rings (SSSR count). The molecule has 0 amide bonds. The van der Waals surface area contributed by atoms with Crippen molar-refractivity contribution in [3.8, 4) is 0 Å². The normalized spacial score (nSPS) is 41.6. The smallest absolute Gasteiger partial charge is 0.303 e. The molecule has 0 aromatic carbocycles. The van der Waals surface area contributed by atoms with E-state index in [2.05, 4.69) is 0 Å². The van der Waals surface area contributed by atoms with E-state index in [4.69, 9.17) is 4.74 Å². The summed E-state index contributed by atoms with van der Waals surface area (Å²) in [6.45, 7) is 12.4. The fraction of sp³-hybridized carbons (Fsp3) is 0.759. The van der Waals surface area contributed by atoms with Crippen molar-refractivity contribution < 1.29 is 38.9 Å². The van der Waals surface area contributed by atoms with Gasteiger partial charge < -0.3 is 14.9 Å². The molecular formula is C29H40O8. The molecule has 0 aliphatic heterocycles. The van der Waals surface area contributed by atoms with Gasteiger partial charge in [-0.1, -0.05) is 34.6 Å². The van der Waals surface area contributed by atoms with Crippen LogP contribution in [0.5, 0.6) is 0 Å². The van der Waals surface area contributed by atoms with E-state index in [1.165, 1.54) is 6.92 Å². The SMILES string of the molecule is CC(=O)O[C@@H]1C(=O)C2=C(C(=O)C[C@H]3C(C)(C)[C@@H](O)CC[C@]23C)[C@]2(C)C(=O)C[C@H]([C@@H](C)CCC(=O)O)[C@@]12C. The summed E-state index contributed by atoms with van der Waals surface area (Å²) in [7, 11) is 0. The molecule has 2 saturated carbocycles. The number of aliphatic hydroxyl groups excluding tert-OH is 1. The molecule has 0 aromatic rings. The number of ether oxygens (including phenoxy) is 1. The highest BCUT2D eigenvalue weighted by atomic mass is 16.5. The molecule has 0 bridgehead atoms. The molecule has 8 atom stereocenters. The fourth-order valence-electron chi connectivity index (χ4n) is 8.71. The second kappa shape index (κ2) is 8.58. The zero-order valence-electron chi connectivity index (χ0n) is 23.0. The maximum absolute atomic E-state index is 14.5. The maximum atomic E-state index is 14.5. The van der Waals surface area contributed by atoms with Crippen molar-refractivity contribution >= 4 is 29.3 Å². The second-order valence-electron chi connectivity index (χ2n) is 13.1. The molecule has 2 fully saturated rings. The Morgan fingerprint density at radius 3 is 2.24 bits per heavy atom. The van der Waals surface area contributed by atoms with Crippen LogP contribution in [-0.2, 0) is 28.7 Å². The Morgan fingerprint density at radius 2 is 1.68 bits per heavy atom. The Kier molecular flexibility index (Phi) is 6.42. The lowest BCUT2D eigenvalue weighted by Gasteiger charge is -2.61. The van der Waals surface area contributed by atoms with Crippen LogP contribution in [0.15, 0.2) is 11.1 Å². The number of ketones is 3. The molecule has 8 heteroatoms. The molecule has 0 unspecified atom stereocenters. The molecule has 8 nitrogen and oxygen atoms in total. The van der Waals surface area contributed by atoms with E-state index in [-0.39, 0.29) is 48.2 Å². The van der Waals surface area contributed by atoms with Gasteiger partial charge in [0.25, 0.3) is 0 Å². The van der Waals surface area contributed by atoms with Gasteiger partial charge in [0, 0.05) is 48.2 Å². The summed E-state index contributed by atoms with van der Waals surface area (Å²) in [5, 5.41) is 20.0. The first-order valence-corrected chi connectivity index (χ1v) is 13.4. The third kappa shape index (κ3) is 3.53. The highest BCUT2D eigenvalue weighted by molar-refractivity contribution is 6.18. The van der Waals surface area contributed by atoms with E-state index in [1.54, 1.807) is 13.8 Å². The van der Waals surface area contributed by atoms with E-state index >= 15 is 0 Å². The van der Waals surface area contributed by atoms with Gasteiger partial charge in [0.2, 0.25) is 5.78 Å².